The topological polar surface area (TPSA) is 64.3 Å². The molecule has 1 unspecified atom stereocenters. The zero-order valence-corrected chi connectivity index (χ0v) is 13.5. The molecule has 0 bridgehead atoms. The van der Waals surface area contributed by atoms with Gasteiger partial charge in [-0.2, -0.15) is 0 Å². The standard InChI is InChI=1S/C20H20N2O2/c1-24-19-9-5-4-8-17(19)20(23)22-18(13-21)16-11-10-14-6-2-3-7-15(14)12-16/h2-12,18H,13,21H2,1H3,(H,22,23). The Kier molecular flexibility index (Phi) is 4.77. The van der Waals surface area contributed by atoms with Crippen molar-refractivity contribution in [2.24, 2.45) is 5.73 Å². The summed E-state index contributed by atoms with van der Waals surface area (Å²) in [6, 6.07) is 21.1. The van der Waals surface area contributed by atoms with Gasteiger partial charge >= 0.3 is 0 Å². The first kappa shape index (κ1) is 16.0. The van der Waals surface area contributed by atoms with Gasteiger partial charge in [0.15, 0.2) is 0 Å². The first-order chi connectivity index (χ1) is 11.7. The fraction of sp³-hybridized carbons (Fsp3) is 0.150. The Bertz CT molecular complexity index is 861. The summed E-state index contributed by atoms with van der Waals surface area (Å²) in [5, 5.41) is 5.28. The third-order valence-electron chi connectivity index (χ3n) is 4.07. The Morgan fingerprint density at radius 1 is 1.04 bits per heavy atom. The van der Waals surface area contributed by atoms with E-state index in [-0.39, 0.29) is 11.9 Å². The third kappa shape index (κ3) is 3.24. The van der Waals surface area contributed by atoms with E-state index in [0.29, 0.717) is 17.9 Å². The fourth-order valence-corrected chi connectivity index (χ4v) is 2.77. The van der Waals surface area contributed by atoms with Crippen LogP contribution in [0.15, 0.2) is 66.7 Å². The lowest BCUT2D eigenvalue weighted by Gasteiger charge is -2.19. The Labute approximate surface area is 141 Å². The summed E-state index contributed by atoms with van der Waals surface area (Å²) >= 11 is 0. The predicted octanol–water partition coefficient (Wildman–Crippen LogP) is 3.28. The second kappa shape index (κ2) is 7.15. The van der Waals surface area contributed by atoms with Crippen LogP contribution in [0.4, 0.5) is 0 Å². The highest BCUT2D eigenvalue weighted by molar-refractivity contribution is 5.97. The molecule has 0 heterocycles. The summed E-state index contributed by atoms with van der Waals surface area (Å²) in [7, 11) is 1.55. The summed E-state index contributed by atoms with van der Waals surface area (Å²) < 4.78 is 5.25. The Balaban J connectivity index is 1.86. The van der Waals surface area contributed by atoms with E-state index < -0.39 is 0 Å². The molecule has 3 aromatic rings. The zero-order valence-electron chi connectivity index (χ0n) is 13.5. The summed E-state index contributed by atoms with van der Waals surface area (Å²) in [5.74, 6) is 0.348. The molecular weight excluding hydrogens is 300 g/mol. The molecule has 0 saturated heterocycles. The molecule has 1 amide bonds. The lowest BCUT2D eigenvalue weighted by Crippen LogP contribution is -2.33. The smallest absolute Gasteiger partial charge is 0.255 e. The molecule has 0 aliphatic heterocycles. The number of methoxy groups -OCH3 is 1. The average molecular weight is 320 g/mol. The maximum absolute atomic E-state index is 12.6. The zero-order chi connectivity index (χ0) is 16.9. The summed E-state index contributed by atoms with van der Waals surface area (Å²) in [6.45, 7) is 0.319. The van der Waals surface area contributed by atoms with Crippen LogP contribution < -0.4 is 15.8 Å². The number of hydrogen-bond acceptors (Lipinski definition) is 3. The molecule has 0 aliphatic carbocycles. The molecule has 3 N–H and O–H groups in total. The molecular formula is C20H20N2O2. The van der Waals surface area contributed by atoms with Crippen molar-refractivity contribution in [1.82, 2.24) is 5.32 Å². The molecule has 4 heteroatoms. The predicted molar refractivity (Wildman–Crippen MR) is 96.2 cm³/mol. The minimum atomic E-state index is -0.257. The number of nitrogens with one attached hydrogen (secondary N) is 1. The number of amides is 1. The van der Waals surface area contributed by atoms with Crippen molar-refractivity contribution in [3.8, 4) is 5.75 Å². The van der Waals surface area contributed by atoms with Crippen LogP contribution in [0, 0.1) is 0 Å². The molecule has 0 aromatic heterocycles. The number of benzene rings is 3. The first-order valence-electron chi connectivity index (χ1n) is 7.85. The number of carbonyl (C=O) groups is 1. The maximum atomic E-state index is 12.6. The van der Waals surface area contributed by atoms with Crippen LogP contribution in [0.5, 0.6) is 5.75 Å². The van der Waals surface area contributed by atoms with E-state index in [2.05, 4.69) is 23.5 Å². The molecule has 24 heavy (non-hydrogen) atoms. The van der Waals surface area contributed by atoms with Crippen LogP contribution in [0.25, 0.3) is 10.8 Å². The molecule has 0 radical (unpaired) electrons. The van der Waals surface area contributed by atoms with Crippen LogP contribution >= 0.6 is 0 Å². The molecule has 3 aromatic carbocycles. The van der Waals surface area contributed by atoms with Crippen LogP contribution in [-0.4, -0.2) is 19.6 Å². The summed E-state index contributed by atoms with van der Waals surface area (Å²) in [6.07, 6.45) is 0. The van der Waals surface area contributed by atoms with E-state index in [4.69, 9.17) is 10.5 Å². The van der Waals surface area contributed by atoms with E-state index in [9.17, 15) is 4.79 Å². The Hall–Kier alpha value is -2.85. The summed E-state index contributed by atoms with van der Waals surface area (Å²) in [4.78, 5) is 12.6. The minimum absolute atomic E-state index is 0.198. The monoisotopic (exact) mass is 320 g/mol. The third-order valence-corrected chi connectivity index (χ3v) is 4.07. The van der Waals surface area contributed by atoms with E-state index in [0.717, 1.165) is 16.3 Å². The van der Waals surface area contributed by atoms with Gasteiger partial charge in [-0.1, -0.05) is 48.5 Å². The van der Waals surface area contributed by atoms with Gasteiger partial charge in [-0.05, 0) is 34.5 Å². The van der Waals surface area contributed by atoms with Gasteiger partial charge in [0, 0.05) is 6.54 Å². The van der Waals surface area contributed by atoms with Crippen LogP contribution in [0.2, 0.25) is 0 Å². The van der Waals surface area contributed by atoms with E-state index in [1.165, 1.54) is 0 Å². The number of hydrogen-bond donors (Lipinski definition) is 2. The van der Waals surface area contributed by atoms with Crippen molar-refractivity contribution in [3.05, 3.63) is 77.9 Å². The second-order valence-corrected chi connectivity index (χ2v) is 5.57. The molecule has 0 saturated carbocycles. The van der Waals surface area contributed by atoms with Crippen molar-refractivity contribution in [1.29, 1.82) is 0 Å². The van der Waals surface area contributed by atoms with Gasteiger partial charge in [-0.25, -0.2) is 0 Å². The normalized spacial score (nSPS) is 11.9. The summed E-state index contributed by atoms with van der Waals surface area (Å²) in [5.41, 5.74) is 7.38. The van der Waals surface area contributed by atoms with Crippen LogP contribution in [-0.2, 0) is 0 Å². The van der Waals surface area contributed by atoms with Gasteiger partial charge in [0.1, 0.15) is 5.75 Å². The number of nitrogens with two attached hydrogens (primary N) is 1. The van der Waals surface area contributed by atoms with E-state index in [1.807, 2.05) is 36.4 Å². The van der Waals surface area contributed by atoms with Gasteiger partial charge in [-0.15, -0.1) is 0 Å². The Morgan fingerprint density at radius 3 is 2.50 bits per heavy atom. The number of fused-ring (bicyclic) bond motifs is 1. The molecule has 1 atom stereocenters. The van der Waals surface area contributed by atoms with Crippen LogP contribution in [0.1, 0.15) is 22.0 Å². The number of ether oxygens (including phenoxy) is 1. The average Bonchev–Trinajstić information content (AvgIpc) is 2.65. The molecule has 0 spiro atoms. The van der Waals surface area contributed by atoms with Gasteiger partial charge in [0.05, 0.1) is 18.7 Å². The minimum Gasteiger partial charge on any atom is -0.496 e. The SMILES string of the molecule is COc1ccccc1C(=O)NC(CN)c1ccc2ccccc2c1. The van der Waals surface area contributed by atoms with Crippen LogP contribution in [0.3, 0.4) is 0 Å². The van der Waals surface area contributed by atoms with Gasteiger partial charge in [0.25, 0.3) is 5.91 Å². The Morgan fingerprint density at radius 2 is 1.75 bits per heavy atom. The molecule has 122 valence electrons. The highest BCUT2D eigenvalue weighted by Gasteiger charge is 2.17. The van der Waals surface area contributed by atoms with Gasteiger partial charge in [0.2, 0.25) is 0 Å². The van der Waals surface area contributed by atoms with Gasteiger partial charge in [-0.3, -0.25) is 4.79 Å². The number of para-hydroxylation sites is 1. The highest BCUT2D eigenvalue weighted by Crippen LogP contribution is 2.22. The van der Waals surface area contributed by atoms with E-state index >= 15 is 0 Å². The molecule has 4 nitrogen and oxygen atoms in total. The largest absolute Gasteiger partial charge is 0.496 e. The van der Waals surface area contributed by atoms with Crippen molar-refractivity contribution in [3.63, 3.8) is 0 Å². The number of rotatable bonds is 5. The molecule has 3 rings (SSSR count). The van der Waals surface area contributed by atoms with Crippen molar-refractivity contribution >= 4 is 16.7 Å². The highest BCUT2D eigenvalue weighted by atomic mass is 16.5. The molecule has 0 aliphatic rings. The van der Waals surface area contributed by atoms with Gasteiger partial charge < -0.3 is 15.8 Å². The lowest BCUT2D eigenvalue weighted by atomic mass is 10.0. The number of carbonyl (C=O) groups excluding carboxylic acids is 1. The fourth-order valence-electron chi connectivity index (χ4n) is 2.77. The maximum Gasteiger partial charge on any atom is 0.255 e. The van der Waals surface area contributed by atoms with E-state index in [1.54, 1.807) is 19.2 Å². The lowest BCUT2D eigenvalue weighted by molar-refractivity contribution is 0.0935. The van der Waals surface area contributed by atoms with Crippen molar-refractivity contribution in [2.75, 3.05) is 13.7 Å². The molecule has 0 fully saturated rings. The quantitative estimate of drug-likeness (QED) is 0.758. The second-order valence-electron chi connectivity index (χ2n) is 5.57. The van der Waals surface area contributed by atoms with Crippen molar-refractivity contribution < 1.29 is 9.53 Å². The first-order valence-corrected chi connectivity index (χ1v) is 7.85. The van der Waals surface area contributed by atoms with Crippen molar-refractivity contribution in [2.45, 2.75) is 6.04 Å².